The van der Waals surface area contributed by atoms with Crippen LogP contribution in [0.1, 0.15) is 58.4 Å². The summed E-state index contributed by atoms with van der Waals surface area (Å²) in [4.78, 5) is 30.4. The maximum atomic E-state index is 12.4. The SMILES string of the molecule is CCC1=NC(C(N)=O)=C(Nc2ccc(C3CCN(C(=O)OC(C)(C)C)CC3)c(OC)c2)NC1Cl. The topological polar surface area (TPSA) is 118 Å². The number of alkyl halides is 1. The third-order valence-electron chi connectivity index (χ3n) is 5.74. The summed E-state index contributed by atoms with van der Waals surface area (Å²) in [7, 11) is 1.62. The number of halogens is 1. The second kappa shape index (κ2) is 10.5. The molecule has 1 unspecified atom stereocenters. The first-order valence-electron chi connectivity index (χ1n) is 11.5. The minimum absolute atomic E-state index is 0.103. The number of carbonyl (C=O) groups excluding carboxylic acids is 2. The molecule has 2 aliphatic rings. The summed E-state index contributed by atoms with van der Waals surface area (Å²) in [5.41, 5.74) is 7.00. The molecule has 1 saturated heterocycles. The molecule has 10 heteroatoms. The van der Waals surface area contributed by atoms with Gasteiger partial charge in [-0.15, -0.1) is 0 Å². The summed E-state index contributed by atoms with van der Waals surface area (Å²) in [5, 5.41) is 6.22. The van der Waals surface area contributed by atoms with Crippen LogP contribution in [0.4, 0.5) is 10.5 Å². The highest BCUT2D eigenvalue weighted by Crippen LogP contribution is 2.36. The first kappa shape index (κ1) is 25.7. The first-order valence-corrected chi connectivity index (χ1v) is 11.9. The molecule has 9 nitrogen and oxygen atoms in total. The van der Waals surface area contributed by atoms with Gasteiger partial charge < -0.3 is 30.7 Å². The molecule has 0 aliphatic carbocycles. The maximum absolute atomic E-state index is 12.4. The lowest BCUT2D eigenvalue weighted by molar-refractivity contribution is -0.114. The van der Waals surface area contributed by atoms with Crippen molar-refractivity contribution in [2.45, 2.75) is 64.0 Å². The summed E-state index contributed by atoms with van der Waals surface area (Å²) in [6, 6.07) is 5.78. The Hall–Kier alpha value is -2.94. The second-order valence-corrected chi connectivity index (χ2v) is 9.81. The van der Waals surface area contributed by atoms with E-state index in [1.165, 1.54) is 0 Å². The quantitative estimate of drug-likeness (QED) is 0.410. The number of hydrogen-bond donors (Lipinski definition) is 3. The molecule has 1 fully saturated rings. The van der Waals surface area contributed by atoms with Gasteiger partial charge in [0.25, 0.3) is 5.91 Å². The molecular weight excluding hydrogens is 458 g/mol. The predicted octanol–water partition coefficient (Wildman–Crippen LogP) is 3.90. The van der Waals surface area contributed by atoms with Crippen molar-refractivity contribution in [2.75, 3.05) is 25.5 Å². The van der Waals surface area contributed by atoms with Gasteiger partial charge >= 0.3 is 6.09 Å². The Morgan fingerprint density at radius 3 is 2.53 bits per heavy atom. The third-order valence-corrected chi connectivity index (χ3v) is 6.10. The van der Waals surface area contributed by atoms with Crippen molar-refractivity contribution in [1.29, 1.82) is 0 Å². The van der Waals surface area contributed by atoms with Crippen LogP contribution in [-0.2, 0) is 9.53 Å². The van der Waals surface area contributed by atoms with E-state index in [1.54, 1.807) is 12.0 Å². The number of anilines is 1. The van der Waals surface area contributed by atoms with Crippen molar-refractivity contribution >= 4 is 35.0 Å². The number of rotatable bonds is 6. The predicted molar refractivity (Wildman–Crippen MR) is 133 cm³/mol. The number of benzene rings is 1. The van der Waals surface area contributed by atoms with E-state index in [-0.39, 0.29) is 17.7 Å². The van der Waals surface area contributed by atoms with Crippen LogP contribution in [0, 0.1) is 0 Å². The summed E-state index contributed by atoms with van der Waals surface area (Å²) in [6.45, 7) is 8.75. The second-order valence-electron chi connectivity index (χ2n) is 9.37. The summed E-state index contributed by atoms with van der Waals surface area (Å²) < 4.78 is 11.2. The van der Waals surface area contributed by atoms with Gasteiger partial charge in [-0.25, -0.2) is 9.79 Å². The molecule has 1 aromatic rings. The van der Waals surface area contributed by atoms with Gasteiger partial charge in [0.15, 0.2) is 5.70 Å². The fourth-order valence-electron chi connectivity index (χ4n) is 4.04. The summed E-state index contributed by atoms with van der Waals surface area (Å²) in [5.74, 6) is 0.674. The van der Waals surface area contributed by atoms with Gasteiger partial charge in [0.05, 0.1) is 12.8 Å². The molecule has 3 rings (SSSR count). The molecule has 2 amide bonds. The molecule has 0 bridgehead atoms. The van der Waals surface area contributed by atoms with Crippen molar-refractivity contribution in [1.82, 2.24) is 10.2 Å². The van der Waals surface area contributed by atoms with Crippen molar-refractivity contribution in [3.8, 4) is 5.75 Å². The molecule has 0 aromatic heterocycles. The minimum Gasteiger partial charge on any atom is -0.496 e. The fraction of sp³-hybridized carbons (Fsp3) is 0.542. The van der Waals surface area contributed by atoms with Crippen LogP contribution in [0.2, 0.25) is 0 Å². The van der Waals surface area contributed by atoms with Gasteiger partial charge in [-0.2, -0.15) is 0 Å². The molecule has 0 radical (unpaired) electrons. The number of nitrogens with zero attached hydrogens (tertiary/aromatic N) is 2. The lowest BCUT2D eigenvalue weighted by atomic mass is 9.88. The van der Waals surface area contributed by atoms with Crippen LogP contribution < -0.4 is 21.1 Å². The van der Waals surface area contributed by atoms with Crippen molar-refractivity contribution in [2.24, 2.45) is 10.7 Å². The van der Waals surface area contributed by atoms with Gasteiger partial charge in [-0.3, -0.25) is 4.79 Å². The van der Waals surface area contributed by atoms with Crippen molar-refractivity contribution < 1.29 is 19.1 Å². The molecule has 1 aromatic carbocycles. The van der Waals surface area contributed by atoms with Gasteiger partial charge in [-0.1, -0.05) is 24.6 Å². The lowest BCUT2D eigenvalue weighted by Crippen LogP contribution is -2.41. The molecule has 0 saturated carbocycles. The number of nitrogens with one attached hydrogen (secondary N) is 2. The van der Waals surface area contributed by atoms with E-state index in [4.69, 9.17) is 26.8 Å². The maximum Gasteiger partial charge on any atom is 0.410 e. The zero-order valence-electron chi connectivity index (χ0n) is 20.4. The molecule has 0 spiro atoms. The Morgan fingerprint density at radius 2 is 1.97 bits per heavy atom. The molecule has 2 aliphatic heterocycles. The Kier molecular flexibility index (Phi) is 7.97. The molecule has 34 heavy (non-hydrogen) atoms. The van der Waals surface area contributed by atoms with Crippen molar-refractivity contribution in [3.63, 3.8) is 0 Å². The smallest absolute Gasteiger partial charge is 0.410 e. The van der Waals surface area contributed by atoms with Gasteiger partial charge in [0, 0.05) is 24.8 Å². The number of ether oxygens (including phenoxy) is 2. The summed E-state index contributed by atoms with van der Waals surface area (Å²) >= 11 is 6.34. The number of carbonyl (C=O) groups is 2. The highest BCUT2D eigenvalue weighted by molar-refractivity contribution is 6.32. The number of aliphatic imine (C=N–C) groups is 1. The monoisotopic (exact) mass is 491 g/mol. The Bertz CT molecular complexity index is 994. The lowest BCUT2D eigenvalue weighted by Gasteiger charge is -2.34. The van der Waals surface area contributed by atoms with E-state index in [1.807, 2.05) is 45.9 Å². The fourth-order valence-corrected chi connectivity index (χ4v) is 4.35. The third kappa shape index (κ3) is 6.14. The van der Waals surface area contributed by atoms with Crippen LogP contribution >= 0.6 is 11.6 Å². The van der Waals surface area contributed by atoms with E-state index in [2.05, 4.69) is 15.6 Å². The molecule has 4 N–H and O–H groups in total. The molecule has 186 valence electrons. The van der Waals surface area contributed by atoms with Gasteiger partial charge in [0.2, 0.25) is 0 Å². The Morgan fingerprint density at radius 1 is 1.29 bits per heavy atom. The highest BCUT2D eigenvalue weighted by Gasteiger charge is 2.29. The van der Waals surface area contributed by atoms with E-state index in [0.29, 0.717) is 36.7 Å². The van der Waals surface area contributed by atoms with Crippen LogP contribution in [0.25, 0.3) is 0 Å². The summed E-state index contributed by atoms with van der Waals surface area (Å²) in [6.07, 6.45) is 1.94. The van der Waals surface area contributed by atoms with E-state index >= 15 is 0 Å². The minimum atomic E-state index is -0.648. The van der Waals surface area contributed by atoms with E-state index < -0.39 is 17.0 Å². The zero-order valence-corrected chi connectivity index (χ0v) is 21.2. The standard InChI is InChI=1S/C24H34ClN5O4/c1-6-17-20(25)29-22(19(28-17)21(26)31)27-15-7-8-16(18(13-15)33-5)14-9-11-30(12-10-14)23(32)34-24(2,3)4/h7-8,13-14,20,27,29H,6,9-12H2,1-5H3,(H2,26,31). The normalized spacial score (nSPS) is 19.3. The van der Waals surface area contributed by atoms with Gasteiger partial charge in [0.1, 0.15) is 22.7 Å². The number of likely N-dealkylation sites (tertiary alicyclic amines) is 1. The largest absolute Gasteiger partial charge is 0.496 e. The number of amides is 2. The Balaban J connectivity index is 1.74. The molecular formula is C24H34ClN5O4. The average molecular weight is 492 g/mol. The number of primary amides is 1. The molecule has 2 heterocycles. The number of methoxy groups -OCH3 is 1. The number of hydrogen-bond acceptors (Lipinski definition) is 7. The van der Waals surface area contributed by atoms with Gasteiger partial charge in [-0.05, 0) is 57.6 Å². The highest BCUT2D eigenvalue weighted by atomic mass is 35.5. The van der Waals surface area contributed by atoms with E-state index in [9.17, 15) is 9.59 Å². The molecule has 1 atom stereocenters. The average Bonchev–Trinajstić information content (AvgIpc) is 2.78. The first-order chi connectivity index (χ1) is 16.0. The van der Waals surface area contributed by atoms with E-state index in [0.717, 1.165) is 24.2 Å². The zero-order chi connectivity index (χ0) is 25.0. The van der Waals surface area contributed by atoms with Crippen LogP contribution in [0.15, 0.2) is 34.7 Å². The van der Waals surface area contributed by atoms with Crippen LogP contribution in [-0.4, -0.2) is 53.9 Å². The van der Waals surface area contributed by atoms with Crippen molar-refractivity contribution in [3.05, 3.63) is 35.3 Å². The Labute approximate surface area is 205 Å². The number of piperidine rings is 1. The van der Waals surface area contributed by atoms with Crippen LogP contribution in [0.5, 0.6) is 5.75 Å². The van der Waals surface area contributed by atoms with Crippen LogP contribution in [0.3, 0.4) is 0 Å². The number of nitrogens with two attached hydrogens (primary N) is 1.